The normalized spacial score (nSPS) is 29.3. The van der Waals surface area contributed by atoms with E-state index in [1.807, 2.05) is 25.1 Å². The molecule has 0 bridgehead atoms. The molecule has 0 aliphatic carbocycles. The van der Waals surface area contributed by atoms with Crippen LogP contribution in [0, 0.1) is 6.92 Å². The molecule has 5 nitrogen and oxygen atoms in total. The maximum absolute atomic E-state index is 12.7. The largest absolute Gasteiger partial charge is 0.347 e. The Morgan fingerprint density at radius 1 is 1.25 bits per heavy atom. The summed E-state index contributed by atoms with van der Waals surface area (Å²) < 4.78 is 0.0396. The molecule has 1 N–H and O–H groups in total. The molecule has 2 atom stereocenters. The molecule has 1 aromatic rings. The van der Waals surface area contributed by atoms with Crippen LogP contribution in [0.25, 0.3) is 0 Å². The van der Waals surface area contributed by atoms with Crippen molar-refractivity contribution in [1.29, 1.82) is 0 Å². The molecule has 0 saturated carbocycles. The number of rotatable bonds is 1. The Labute approximate surface area is 117 Å². The van der Waals surface area contributed by atoms with Gasteiger partial charge in [0.2, 0.25) is 5.91 Å². The first-order valence-electron chi connectivity index (χ1n) is 6.75. The van der Waals surface area contributed by atoms with Crippen LogP contribution < -0.4 is 5.32 Å². The van der Waals surface area contributed by atoms with Crippen LogP contribution in [0.2, 0.25) is 0 Å². The molecule has 0 spiro atoms. The van der Waals surface area contributed by atoms with Crippen LogP contribution in [-0.2, 0) is 16.1 Å². The molecule has 3 amide bonds. The van der Waals surface area contributed by atoms with Crippen LogP contribution in [0.3, 0.4) is 0 Å². The fourth-order valence-electron chi connectivity index (χ4n) is 3.24. The van der Waals surface area contributed by atoms with Gasteiger partial charge in [-0.05, 0) is 19.1 Å². The molecule has 20 heavy (non-hydrogen) atoms. The summed E-state index contributed by atoms with van der Waals surface area (Å²) in [4.78, 5) is 36.0. The Kier molecular flexibility index (Phi) is 2.76. The fourth-order valence-corrected chi connectivity index (χ4v) is 3.24. The van der Waals surface area contributed by atoms with E-state index in [4.69, 9.17) is 0 Å². The van der Waals surface area contributed by atoms with Gasteiger partial charge in [-0.1, -0.05) is 11.6 Å². The predicted molar refractivity (Wildman–Crippen MR) is 71.6 cm³/mol. The minimum absolute atomic E-state index is 0.0329. The van der Waals surface area contributed by atoms with Gasteiger partial charge in [0.25, 0.3) is 5.91 Å². The Morgan fingerprint density at radius 2 is 2.00 bits per heavy atom. The zero-order valence-corrected chi connectivity index (χ0v) is 11.6. The van der Waals surface area contributed by atoms with E-state index in [0.717, 1.165) is 11.1 Å². The van der Waals surface area contributed by atoms with Gasteiger partial charge in [-0.25, -0.2) is 9.28 Å². The van der Waals surface area contributed by atoms with Crippen LogP contribution in [0.5, 0.6) is 0 Å². The van der Waals surface area contributed by atoms with Crippen molar-refractivity contribution in [3.05, 3.63) is 34.9 Å². The van der Waals surface area contributed by atoms with Crippen LogP contribution >= 0.6 is 0 Å². The maximum Gasteiger partial charge on any atom is 0.347 e. The monoisotopic (exact) mass is 273 g/mol. The number of aryl methyl sites for hydroxylation is 1. The number of benzene rings is 1. The number of fused-ring (bicyclic) bond motifs is 1. The number of carbonyl (C=O) groups is 3. The molecule has 1 aromatic carbocycles. The summed E-state index contributed by atoms with van der Waals surface area (Å²) in [5.74, 6) is -0.617. The Bertz CT molecular complexity index is 638. The van der Waals surface area contributed by atoms with E-state index in [2.05, 4.69) is 5.32 Å². The Morgan fingerprint density at radius 3 is 2.70 bits per heavy atom. The first-order valence-corrected chi connectivity index (χ1v) is 6.75. The molecule has 1 saturated heterocycles. The van der Waals surface area contributed by atoms with Gasteiger partial charge in [0.05, 0.1) is 12.6 Å². The first kappa shape index (κ1) is 13.0. The lowest BCUT2D eigenvalue weighted by atomic mass is 10.0. The zero-order valence-electron chi connectivity index (χ0n) is 11.6. The standard InChI is InChI=1S/C15H16N2O3/c1-9-3-4-11-10(7-9)8-17(2,15(11)20)12-5-6-13(18)16-14(12)19/h3-4,7,12H,5-6,8H2,1-2H3/p+1. The molecule has 1 fully saturated rings. The lowest BCUT2D eigenvalue weighted by molar-refractivity contribution is -0.855. The third kappa shape index (κ3) is 1.78. The van der Waals surface area contributed by atoms with Gasteiger partial charge in [-0.3, -0.25) is 14.9 Å². The zero-order chi connectivity index (χ0) is 14.5. The molecule has 0 radical (unpaired) electrons. The highest BCUT2D eigenvalue weighted by Gasteiger charge is 2.51. The number of quaternary nitrogens is 1. The highest BCUT2D eigenvalue weighted by atomic mass is 16.2. The molecule has 3 rings (SSSR count). The van der Waals surface area contributed by atoms with Gasteiger partial charge in [0, 0.05) is 18.4 Å². The van der Waals surface area contributed by atoms with Crippen molar-refractivity contribution in [3.8, 4) is 0 Å². The van der Waals surface area contributed by atoms with Gasteiger partial charge in [0.15, 0.2) is 6.04 Å². The van der Waals surface area contributed by atoms with Crippen molar-refractivity contribution in [2.24, 2.45) is 0 Å². The molecular formula is C15H17N2O3+. The number of carbonyl (C=O) groups excluding carboxylic acids is 3. The van der Waals surface area contributed by atoms with Crippen molar-refractivity contribution in [2.45, 2.75) is 32.4 Å². The summed E-state index contributed by atoms with van der Waals surface area (Å²) >= 11 is 0. The van der Waals surface area contributed by atoms with Gasteiger partial charge in [-0.2, -0.15) is 0 Å². The van der Waals surface area contributed by atoms with E-state index >= 15 is 0 Å². The average molecular weight is 273 g/mol. The second-order valence-electron chi connectivity index (χ2n) is 5.86. The van der Waals surface area contributed by atoms with Crippen molar-refractivity contribution in [3.63, 3.8) is 0 Å². The lowest BCUT2D eigenvalue weighted by Crippen LogP contribution is -2.61. The van der Waals surface area contributed by atoms with Crippen molar-refractivity contribution < 1.29 is 18.9 Å². The maximum atomic E-state index is 12.7. The highest BCUT2D eigenvalue weighted by molar-refractivity contribution is 6.02. The number of nitrogens with one attached hydrogen (secondary N) is 1. The van der Waals surface area contributed by atoms with Crippen LogP contribution in [0.4, 0.5) is 0 Å². The van der Waals surface area contributed by atoms with E-state index in [0.29, 0.717) is 24.9 Å². The topological polar surface area (TPSA) is 63.2 Å². The minimum atomic E-state index is -0.479. The molecule has 2 heterocycles. The average Bonchev–Trinajstić information content (AvgIpc) is 2.61. The van der Waals surface area contributed by atoms with E-state index in [1.165, 1.54) is 0 Å². The molecule has 2 aliphatic heterocycles. The van der Waals surface area contributed by atoms with Crippen molar-refractivity contribution in [1.82, 2.24) is 5.32 Å². The number of amides is 3. The summed E-state index contributed by atoms with van der Waals surface area (Å²) in [7, 11) is 1.79. The van der Waals surface area contributed by atoms with E-state index in [1.54, 1.807) is 7.05 Å². The summed E-state index contributed by atoms with van der Waals surface area (Å²) in [6.07, 6.45) is 0.729. The smallest absolute Gasteiger partial charge is 0.291 e. The number of hydrogen-bond donors (Lipinski definition) is 1. The van der Waals surface area contributed by atoms with Crippen molar-refractivity contribution in [2.75, 3.05) is 7.05 Å². The van der Waals surface area contributed by atoms with Crippen LogP contribution in [-0.4, -0.2) is 35.3 Å². The predicted octanol–water partition coefficient (Wildman–Crippen LogP) is 0.901. The number of hydrogen-bond acceptors (Lipinski definition) is 3. The lowest BCUT2D eigenvalue weighted by Gasteiger charge is -2.35. The van der Waals surface area contributed by atoms with Gasteiger partial charge in [-0.15, -0.1) is 0 Å². The highest BCUT2D eigenvalue weighted by Crippen LogP contribution is 2.33. The van der Waals surface area contributed by atoms with Gasteiger partial charge >= 0.3 is 5.91 Å². The first-order chi connectivity index (χ1) is 9.41. The number of nitrogens with zero attached hydrogens (tertiary/aromatic N) is 1. The minimum Gasteiger partial charge on any atom is -0.291 e. The Balaban J connectivity index is 1.97. The van der Waals surface area contributed by atoms with E-state index < -0.39 is 6.04 Å². The molecular weight excluding hydrogens is 256 g/mol. The SMILES string of the molecule is Cc1ccc2c(c1)C[N+](C)(C1CCC(=O)NC1=O)C2=O. The molecule has 2 aliphatic rings. The summed E-state index contributed by atoms with van der Waals surface area (Å²) in [6.45, 7) is 2.50. The number of piperidine rings is 1. The molecule has 104 valence electrons. The fraction of sp³-hybridized carbons (Fsp3) is 0.400. The second-order valence-corrected chi connectivity index (χ2v) is 5.86. The molecule has 5 heteroatoms. The number of likely N-dealkylation sites (N-methyl/N-ethyl adjacent to an activating group) is 1. The molecule has 0 aromatic heterocycles. The van der Waals surface area contributed by atoms with E-state index in [9.17, 15) is 14.4 Å². The Hall–Kier alpha value is -2.01. The van der Waals surface area contributed by atoms with E-state index in [-0.39, 0.29) is 22.2 Å². The van der Waals surface area contributed by atoms with Crippen LogP contribution in [0.15, 0.2) is 18.2 Å². The summed E-state index contributed by atoms with van der Waals surface area (Å²) in [5, 5.41) is 2.34. The summed E-state index contributed by atoms with van der Waals surface area (Å²) in [5.41, 5.74) is 2.79. The molecule has 2 unspecified atom stereocenters. The second kappa shape index (κ2) is 4.24. The summed E-state index contributed by atoms with van der Waals surface area (Å²) in [6, 6.07) is 5.27. The third-order valence-corrected chi connectivity index (χ3v) is 4.35. The third-order valence-electron chi connectivity index (χ3n) is 4.35. The van der Waals surface area contributed by atoms with Crippen molar-refractivity contribution >= 4 is 17.7 Å². The van der Waals surface area contributed by atoms with Crippen LogP contribution in [0.1, 0.15) is 34.3 Å². The quantitative estimate of drug-likeness (QED) is 0.611. The van der Waals surface area contributed by atoms with Gasteiger partial charge in [0.1, 0.15) is 6.54 Å². The number of imide groups is 1. The van der Waals surface area contributed by atoms with Gasteiger partial charge < -0.3 is 0 Å².